The smallest absolute Gasteiger partial charge is 0.211 e. The zero-order valence-corrected chi connectivity index (χ0v) is 9.55. The fourth-order valence-corrected chi connectivity index (χ4v) is 1.39. The monoisotopic (exact) mass is 244 g/mol. The van der Waals surface area contributed by atoms with Gasteiger partial charge in [-0.1, -0.05) is 23.2 Å². The zero-order chi connectivity index (χ0) is 11.4. The predicted molar refractivity (Wildman–Crippen MR) is 64.5 cm³/mol. The lowest BCUT2D eigenvalue weighted by Gasteiger charge is -2.02. The lowest BCUT2D eigenvalue weighted by Crippen LogP contribution is -2.22. The maximum atomic E-state index is 5.96. The van der Waals surface area contributed by atoms with Crippen LogP contribution < -0.4 is 11.5 Å². The zero-order valence-electron chi connectivity index (χ0n) is 8.04. The van der Waals surface area contributed by atoms with Crippen molar-refractivity contribution in [1.82, 2.24) is 0 Å². The van der Waals surface area contributed by atoms with E-state index in [0.717, 1.165) is 0 Å². The third-order valence-corrected chi connectivity index (χ3v) is 2.20. The van der Waals surface area contributed by atoms with Crippen molar-refractivity contribution in [2.75, 3.05) is 0 Å². The summed E-state index contributed by atoms with van der Waals surface area (Å²) in [5.41, 5.74) is 11.6. The van der Waals surface area contributed by atoms with Crippen LogP contribution in [0.5, 0.6) is 0 Å². The molecule has 0 unspecified atom stereocenters. The van der Waals surface area contributed by atoms with Crippen LogP contribution in [0.3, 0.4) is 0 Å². The molecule has 80 valence electrons. The molecule has 1 rings (SSSR count). The molecule has 1 aromatic carbocycles. The number of rotatable bonds is 2. The van der Waals surface area contributed by atoms with Crippen molar-refractivity contribution in [2.24, 2.45) is 21.7 Å². The molecule has 0 aliphatic rings. The highest BCUT2D eigenvalue weighted by atomic mass is 35.5. The van der Waals surface area contributed by atoms with Crippen LogP contribution in [0.2, 0.25) is 10.0 Å². The second-order valence-corrected chi connectivity index (χ2v) is 3.68. The first-order valence-corrected chi connectivity index (χ1v) is 4.85. The van der Waals surface area contributed by atoms with Gasteiger partial charge in [0.1, 0.15) is 0 Å². The highest BCUT2D eigenvalue weighted by Gasteiger charge is 2.04. The first-order valence-electron chi connectivity index (χ1n) is 4.09. The van der Waals surface area contributed by atoms with Gasteiger partial charge in [-0.05, 0) is 25.1 Å². The molecule has 4 nitrogen and oxygen atoms in total. The number of hydrogen-bond donors (Lipinski definition) is 2. The van der Waals surface area contributed by atoms with E-state index in [4.69, 9.17) is 34.7 Å². The average molecular weight is 245 g/mol. The van der Waals surface area contributed by atoms with Gasteiger partial charge in [-0.2, -0.15) is 5.10 Å². The fraction of sp³-hybridized carbons (Fsp3) is 0.111. The van der Waals surface area contributed by atoms with Gasteiger partial charge in [0.25, 0.3) is 0 Å². The summed E-state index contributed by atoms with van der Waals surface area (Å²) in [6, 6.07) is 5.08. The predicted octanol–water partition coefficient (Wildman–Crippen LogP) is 1.99. The molecule has 0 aromatic heterocycles. The molecule has 6 heteroatoms. The fourth-order valence-electron chi connectivity index (χ4n) is 0.961. The molecule has 0 saturated heterocycles. The minimum Gasteiger partial charge on any atom is -0.369 e. The molecule has 0 atom stereocenters. The van der Waals surface area contributed by atoms with Crippen LogP contribution >= 0.6 is 23.2 Å². The normalized spacial score (nSPS) is 11.3. The summed E-state index contributed by atoms with van der Waals surface area (Å²) in [7, 11) is 0. The Bertz CT molecular complexity index is 422. The average Bonchev–Trinajstić information content (AvgIpc) is 2.18. The molecule has 0 radical (unpaired) electrons. The summed E-state index contributed by atoms with van der Waals surface area (Å²) in [5, 5.41) is 8.46. The van der Waals surface area contributed by atoms with Gasteiger partial charge in [0.2, 0.25) is 5.96 Å². The number of nitrogens with zero attached hydrogens (tertiary/aromatic N) is 2. The minimum absolute atomic E-state index is 0.104. The van der Waals surface area contributed by atoms with Crippen LogP contribution in [0.1, 0.15) is 12.5 Å². The molecule has 0 heterocycles. The number of guanidine groups is 1. The largest absolute Gasteiger partial charge is 0.369 e. The van der Waals surface area contributed by atoms with Crippen LogP contribution in [0.25, 0.3) is 0 Å². The lowest BCUT2D eigenvalue weighted by molar-refractivity contribution is 1.20. The summed E-state index contributed by atoms with van der Waals surface area (Å²) in [4.78, 5) is 0. The van der Waals surface area contributed by atoms with Crippen LogP contribution in [0, 0.1) is 0 Å². The quantitative estimate of drug-likeness (QED) is 0.475. The molecule has 0 bridgehead atoms. The third kappa shape index (κ3) is 3.42. The third-order valence-electron chi connectivity index (χ3n) is 1.63. The van der Waals surface area contributed by atoms with E-state index in [-0.39, 0.29) is 5.96 Å². The number of nitrogens with two attached hydrogens (primary N) is 2. The second kappa shape index (κ2) is 5.00. The number of benzene rings is 1. The summed E-state index contributed by atoms with van der Waals surface area (Å²) in [5.74, 6) is -0.104. The van der Waals surface area contributed by atoms with E-state index in [1.807, 2.05) is 0 Å². The second-order valence-electron chi connectivity index (χ2n) is 2.83. The summed E-state index contributed by atoms with van der Waals surface area (Å²) in [6.45, 7) is 1.74. The van der Waals surface area contributed by atoms with Gasteiger partial charge in [-0.15, -0.1) is 5.10 Å². The van der Waals surface area contributed by atoms with Crippen LogP contribution in [-0.4, -0.2) is 11.7 Å². The van der Waals surface area contributed by atoms with Crippen molar-refractivity contribution in [1.29, 1.82) is 0 Å². The van der Waals surface area contributed by atoms with Crippen LogP contribution in [0.4, 0.5) is 0 Å². The Labute approximate surface area is 97.6 Å². The molecule has 0 fully saturated rings. The van der Waals surface area contributed by atoms with Crippen molar-refractivity contribution in [3.63, 3.8) is 0 Å². The molecule has 1 aromatic rings. The molecule has 0 spiro atoms. The number of hydrogen-bond acceptors (Lipinski definition) is 2. The lowest BCUT2D eigenvalue weighted by atomic mass is 10.1. The Morgan fingerprint density at radius 1 is 1.20 bits per heavy atom. The minimum atomic E-state index is -0.104. The van der Waals surface area contributed by atoms with Crippen LogP contribution in [0.15, 0.2) is 28.4 Å². The topological polar surface area (TPSA) is 76.8 Å². The highest BCUT2D eigenvalue weighted by Crippen LogP contribution is 2.21. The first kappa shape index (κ1) is 11.8. The van der Waals surface area contributed by atoms with E-state index in [0.29, 0.717) is 21.3 Å². The van der Waals surface area contributed by atoms with Gasteiger partial charge in [-0.3, -0.25) is 0 Å². The Balaban J connectivity index is 3.10. The molecule has 0 amide bonds. The molecular weight excluding hydrogens is 235 g/mol. The SMILES string of the molecule is C/C(=N/N=C(N)N)c1cc(Cl)ccc1Cl. The summed E-state index contributed by atoms with van der Waals surface area (Å²) >= 11 is 11.8. The van der Waals surface area contributed by atoms with Gasteiger partial charge in [0.15, 0.2) is 0 Å². The maximum absolute atomic E-state index is 5.96. The molecule has 0 aliphatic heterocycles. The Kier molecular flexibility index (Phi) is 3.94. The standard InChI is InChI=1S/C9H10Cl2N4/c1-5(14-15-9(12)13)7-4-6(10)2-3-8(7)11/h2-4H,1H3,(H4,12,13,15)/b14-5-. The van der Waals surface area contributed by atoms with Crippen molar-refractivity contribution in [3.05, 3.63) is 33.8 Å². The maximum Gasteiger partial charge on any atom is 0.211 e. The van der Waals surface area contributed by atoms with E-state index in [1.54, 1.807) is 25.1 Å². The van der Waals surface area contributed by atoms with Gasteiger partial charge in [0, 0.05) is 15.6 Å². The molecule has 4 N–H and O–H groups in total. The van der Waals surface area contributed by atoms with Crippen molar-refractivity contribution in [3.8, 4) is 0 Å². The van der Waals surface area contributed by atoms with Gasteiger partial charge < -0.3 is 11.5 Å². The van der Waals surface area contributed by atoms with E-state index in [9.17, 15) is 0 Å². The molecular formula is C9H10Cl2N4. The molecule has 0 saturated carbocycles. The molecule has 0 aliphatic carbocycles. The Morgan fingerprint density at radius 3 is 2.47 bits per heavy atom. The van der Waals surface area contributed by atoms with Gasteiger partial charge in [-0.25, -0.2) is 0 Å². The van der Waals surface area contributed by atoms with E-state index in [1.165, 1.54) is 0 Å². The summed E-state index contributed by atoms with van der Waals surface area (Å²) in [6.07, 6.45) is 0. The van der Waals surface area contributed by atoms with Crippen molar-refractivity contribution in [2.45, 2.75) is 6.92 Å². The molecule has 15 heavy (non-hydrogen) atoms. The van der Waals surface area contributed by atoms with E-state index in [2.05, 4.69) is 10.2 Å². The first-order chi connectivity index (χ1) is 7.00. The van der Waals surface area contributed by atoms with Crippen molar-refractivity contribution >= 4 is 34.9 Å². The summed E-state index contributed by atoms with van der Waals surface area (Å²) < 4.78 is 0. The van der Waals surface area contributed by atoms with Gasteiger partial charge >= 0.3 is 0 Å². The number of halogens is 2. The Morgan fingerprint density at radius 2 is 1.87 bits per heavy atom. The van der Waals surface area contributed by atoms with Gasteiger partial charge in [0.05, 0.1) is 5.71 Å². The van der Waals surface area contributed by atoms with Crippen LogP contribution in [-0.2, 0) is 0 Å². The van der Waals surface area contributed by atoms with Crippen molar-refractivity contribution < 1.29 is 0 Å². The highest BCUT2D eigenvalue weighted by molar-refractivity contribution is 6.36. The Hall–Kier alpha value is -1.26. The van der Waals surface area contributed by atoms with E-state index < -0.39 is 0 Å². The van der Waals surface area contributed by atoms with E-state index >= 15 is 0 Å².